The molecule has 1 N–H and O–H groups in total. The lowest BCUT2D eigenvalue weighted by Gasteiger charge is -2.17. The van der Waals surface area contributed by atoms with Crippen LogP contribution < -0.4 is 10.4 Å². The van der Waals surface area contributed by atoms with Crippen LogP contribution in [0.2, 0.25) is 0 Å². The van der Waals surface area contributed by atoms with Gasteiger partial charge in [-0.25, -0.2) is 0 Å². The third kappa shape index (κ3) is 15.6. The van der Waals surface area contributed by atoms with E-state index < -0.39 is 5.97 Å². The Balaban J connectivity index is 3.55. The molecule has 0 heterocycles. The highest BCUT2D eigenvalue weighted by atomic mass is 16.4. The predicted molar refractivity (Wildman–Crippen MR) is 92.9 cm³/mol. The second kappa shape index (κ2) is 15.8. The number of carbonyl (C=O) groups is 2. The van der Waals surface area contributed by atoms with Crippen LogP contribution in [0.4, 0.5) is 0 Å². The maximum atomic E-state index is 11.2. The van der Waals surface area contributed by atoms with Gasteiger partial charge in [0.05, 0.1) is 0 Å². The van der Waals surface area contributed by atoms with Crippen LogP contribution >= 0.6 is 0 Å². The summed E-state index contributed by atoms with van der Waals surface area (Å²) < 4.78 is 0. The van der Waals surface area contributed by atoms with Crippen molar-refractivity contribution in [2.75, 3.05) is 6.54 Å². The van der Waals surface area contributed by atoms with Gasteiger partial charge in [-0.2, -0.15) is 0 Å². The minimum absolute atomic E-state index is 0.00712. The first kappa shape index (κ1) is 21.9. The fraction of sp³-hybridized carbons (Fsp3) is 0.895. The summed E-state index contributed by atoms with van der Waals surface area (Å²) in [5, 5.41) is 13.9. The monoisotopic (exact) mass is 326 g/mol. The van der Waals surface area contributed by atoms with E-state index in [-0.39, 0.29) is 11.8 Å². The molecule has 0 fully saturated rings. The number of amides is 1. The predicted octanol–water partition coefficient (Wildman–Crippen LogP) is 3.58. The minimum atomic E-state index is -0.894. The van der Waals surface area contributed by atoms with Gasteiger partial charge in [0.25, 0.3) is 0 Å². The molecule has 0 spiro atoms. The number of rotatable bonds is 16. The molecule has 23 heavy (non-hydrogen) atoms. The van der Waals surface area contributed by atoms with Gasteiger partial charge in [0.1, 0.15) is 0 Å². The topological polar surface area (TPSA) is 69.2 Å². The molecule has 4 nitrogen and oxygen atoms in total. The fourth-order valence-electron chi connectivity index (χ4n) is 2.86. The summed E-state index contributed by atoms with van der Waals surface area (Å²) in [5.74, 6) is -1.20. The third-order valence-electron chi connectivity index (χ3n) is 4.34. The van der Waals surface area contributed by atoms with E-state index >= 15 is 0 Å². The summed E-state index contributed by atoms with van der Waals surface area (Å²) in [6.45, 7) is 4.42. The van der Waals surface area contributed by atoms with Gasteiger partial charge in [-0.05, 0) is 25.2 Å². The Morgan fingerprint density at radius 3 is 1.78 bits per heavy atom. The number of carboxylic acid groups (broad SMARTS) is 1. The molecule has 0 aromatic carbocycles. The van der Waals surface area contributed by atoms with Crippen LogP contribution in [-0.2, 0) is 9.59 Å². The number of nitrogens with one attached hydrogen (secondary N) is 1. The smallest absolute Gasteiger partial charge is 0.216 e. The Kier molecular flexibility index (Phi) is 15.1. The van der Waals surface area contributed by atoms with Gasteiger partial charge in [-0.1, -0.05) is 71.1 Å². The van der Waals surface area contributed by atoms with Crippen LogP contribution in [-0.4, -0.2) is 18.4 Å². The van der Waals surface area contributed by atoms with Crippen LogP contribution in [0.3, 0.4) is 0 Å². The first-order chi connectivity index (χ1) is 11.1. The van der Waals surface area contributed by atoms with Gasteiger partial charge < -0.3 is 15.2 Å². The number of aliphatic carboxylic acids is 1. The molecule has 0 saturated heterocycles. The van der Waals surface area contributed by atoms with Crippen molar-refractivity contribution in [3.8, 4) is 0 Å². The molecule has 0 saturated carbocycles. The molecule has 0 aliphatic carbocycles. The van der Waals surface area contributed by atoms with Crippen molar-refractivity contribution in [3.05, 3.63) is 0 Å². The highest BCUT2D eigenvalue weighted by Crippen LogP contribution is 2.18. The highest BCUT2D eigenvalue weighted by molar-refractivity contribution is 5.72. The summed E-state index contributed by atoms with van der Waals surface area (Å²) in [6, 6.07) is 0. The SMILES string of the molecule is CCCCCCCCCCC(CCCCCNC(C)=O)C(=O)[O-]. The van der Waals surface area contributed by atoms with Crippen LogP contribution in [0.25, 0.3) is 0 Å². The van der Waals surface area contributed by atoms with Gasteiger partial charge in [-0.3, -0.25) is 4.79 Å². The van der Waals surface area contributed by atoms with E-state index in [1.807, 2.05) is 0 Å². The zero-order chi connectivity index (χ0) is 17.3. The Morgan fingerprint density at radius 1 is 0.826 bits per heavy atom. The second-order valence-corrected chi connectivity index (χ2v) is 6.61. The van der Waals surface area contributed by atoms with Gasteiger partial charge in [0.2, 0.25) is 5.91 Å². The quantitative estimate of drug-likeness (QED) is 0.441. The average Bonchev–Trinajstić information content (AvgIpc) is 2.50. The van der Waals surface area contributed by atoms with Crippen LogP contribution in [0.1, 0.15) is 97.3 Å². The molecular weight excluding hydrogens is 290 g/mol. The second-order valence-electron chi connectivity index (χ2n) is 6.61. The molecule has 0 aromatic rings. The molecule has 0 aliphatic rings. The lowest BCUT2D eigenvalue weighted by atomic mass is 9.94. The maximum absolute atomic E-state index is 11.2. The number of hydrogen-bond donors (Lipinski definition) is 1. The molecule has 0 aliphatic heterocycles. The molecule has 0 rings (SSSR count). The van der Waals surface area contributed by atoms with Crippen molar-refractivity contribution in [3.63, 3.8) is 0 Å². The summed E-state index contributed by atoms with van der Waals surface area (Å²) in [4.78, 5) is 21.9. The zero-order valence-electron chi connectivity index (χ0n) is 15.2. The van der Waals surface area contributed by atoms with Crippen molar-refractivity contribution in [2.24, 2.45) is 5.92 Å². The van der Waals surface area contributed by atoms with Crippen molar-refractivity contribution < 1.29 is 14.7 Å². The molecule has 0 aromatic heterocycles. The summed E-state index contributed by atoms with van der Waals surface area (Å²) >= 11 is 0. The maximum Gasteiger partial charge on any atom is 0.216 e. The van der Waals surface area contributed by atoms with Gasteiger partial charge in [-0.15, -0.1) is 0 Å². The van der Waals surface area contributed by atoms with Gasteiger partial charge in [0.15, 0.2) is 0 Å². The molecule has 0 radical (unpaired) electrons. The van der Waals surface area contributed by atoms with Crippen LogP contribution in [0, 0.1) is 5.92 Å². The molecule has 4 heteroatoms. The summed E-state index contributed by atoms with van der Waals surface area (Å²) in [7, 11) is 0. The number of hydrogen-bond acceptors (Lipinski definition) is 3. The first-order valence-electron chi connectivity index (χ1n) is 9.53. The van der Waals surface area contributed by atoms with E-state index in [1.54, 1.807) is 0 Å². The molecular formula is C19H36NO3-. The fourth-order valence-corrected chi connectivity index (χ4v) is 2.86. The highest BCUT2D eigenvalue weighted by Gasteiger charge is 2.09. The number of unbranched alkanes of at least 4 members (excludes halogenated alkanes) is 9. The normalized spacial score (nSPS) is 12.1. The summed E-state index contributed by atoms with van der Waals surface area (Å²) in [5.41, 5.74) is 0. The minimum Gasteiger partial charge on any atom is -0.550 e. The molecule has 136 valence electrons. The van der Waals surface area contributed by atoms with Gasteiger partial charge in [0, 0.05) is 19.4 Å². The number of carboxylic acids is 1. The standard InChI is InChI=1S/C19H37NO3/c1-3-4-5-6-7-8-9-11-14-18(19(22)23)15-12-10-13-16-20-17(2)21/h18H,3-16H2,1-2H3,(H,20,21)(H,22,23)/p-1. The third-order valence-corrected chi connectivity index (χ3v) is 4.34. The Bertz CT molecular complexity index is 305. The van der Waals surface area contributed by atoms with E-state index in [0.717, 1.165) is 38.5 Å². The Labute approximate surface area is 142 Å². The van der Waals surface area contributed by atoms with Crippen LogP contribution in [0.15, 0.2) is 0 Å². The van der Waals surface area contributed by atoms with E-state index in [4.69, 9.17) is 0 Å². The molecule has 1 atom stereocenters. The zero-order valence-corrected chi connectivity index (χ0v) is 15.2. The molecule has 0 bridgehead atoms. The molecule has 1 unspecified atom stereocenters. The molecule has 1 amide bonds. The average molecular weight is 327 g/mol. The lowest BCUT2D eigenvalue weighted by molar-refractivity contribution is -0.312. The number of carbonyl (C=O) groups excluding carboxylic acids is 2. The lowest BCUT2D eigenvalue weighted by Crippen LogP contribution is -2.31. The Morgan fingerprint density at radius 2 is 1.30 bits per heavy atom. The Hall–Kier alpha value is -1.06. The first-order valence-corrected chi connectivity index (χ1v) is 9.53. The van der Waals surface area contributed by atoms with Crippen molar-refractivity contribution in [1.29, 1.82) is 0 Å². The van der Waals surface area contributed by atoms with Crippen molar-refractivity contribution >= 4 is 11.9 Å². The van der Waals surface area contributed by atoms with E-state index in [0.29, 0.717) is 13.0 Å². The van der Waals surface area contributed by atoms with Crippen LogP contribution in [0.5, 0.6) is 0 Å². The summed E-state index contributed by atoms with van der Waals surface area (Å²) in [6.07, 6.45) is 14.1. The van der Waals surface area contributed by atoms with Gasteiger partial charge >= 0.3 is 0 Å². The van der Waals surface area contributed by atoms with Crippen molar-refractivity contribution in [2.45, 2.75) is 97.3 Å². The van der Waals surface area contributed by atoms with E-state index in [2.05, 4.69) is 12.2 Å². The van der Waals surface area contributed by atoms with Crippen molar-refractivity contribution in [1.82, 2.24) is 5.32 Å². The van der Waals surface area contributed by atoms with E-state index in [1.165, 1.54) is 45.4 Å². The van der Waals surface area contributed by atoms with E-state index in [9.17, 15) is 14.7 Å². The largest absolute Gasteiger partial charge is 0.550 e.